The quantitative estimate of drug-likeness (QED) is 0.140. The van der Waals surface area contributed by atoms with Crippen molar-refractivity contribution < 1.29 is 4.43 Å². The Hall–Kier alpha value is -2.03. The molecule has 0 unspecified atom stereocenters. The first-order valence-electron chi connectivity index (χ1n) is 13.2. The standard InChI is InChI=1S/C33H40BrOPSi/c1-33(2,3)37(4,5)35-25-24-28-16-15-17-29(26-28)27-36(34,30-18-9-6-10-19-30,31-20-11-7-12-21-31)32-22-13-8-14-23-32/h6-23,26H,24-25,27H2,1-5H3. The van der Waals surface area contributed by atoms with Gasteiger partial charge in [0.1, 0.15) is 0 Å². The molecule has 0 aliphatic rings. The van der Waals surface area contributed by atoms with Crippen molar-refractivity contribution in [1.29, 1.82) is 0 Å². The van der Waals surface area contributed by atoms with Gasteiger partial charge in [-0.25, -0.2) is 0 Å². The minimum atomic E-state index is -3.01. The number of benzene rings is 4. The summed E-state index contributed by atoms with van der Waals surface area (Å²) >= 11 is 4.59. The molecule has 0 saturated carbocycles. The fourth-order valence-electron chi connectivity index (χ4n) is 4.80. The second-order valence-electron chi connectivity index (χ2n) is 11.5. The molecule has 0 N–H and O–H groups in total. The van der Waals surface area contributed by atoms with Gasteiger partial charge in [0.15, 0.2) is 0 Å². The Labute approximate surface area is 233 Å². The maximum atomic E-state index is 6.50. The molecule has 0 fully saturated rings. The molecule has 0 saturated heterocycles. The number of hydrogen-bond acceptors (Lipinski definition) is 1. The molecule has 0 aromatic heterocycles. The Kier molecular flexibility index (Phi) is 8.31. The van der Waals surface area contributed by atoms with Crippen molar-refractivity contribution in [2.45, 2.75) is 51.5 Å². The van der Waals surface area contributed by atoms with Crippen LogP contribution in [0.15, 0.2) is 115 Å². The summed E-state index contributed by atoms with van der Waals surface area (Å²) in [5.74, 6) is 0. The molecular formula is C33H40BrOPSi. The van der Waals surface area contributed by atoms with E-state index in [1.165, 1.54) is 27.0 Å². The third-order valence-electron chi connectivity index (χ3n) is 8.01. The zero-order valence-corrected chi connectivity index (χ0v) is 26.3. The van der Waals surface area contributed by atoms with E-state index in [4.69, 9.17) is 4.43 Å². The van der Waals surface area contributed by atoms with Gasteiger partial charge in [-0.3, -0.25) is 0 Å². The van der Waals surface area contributed by atoms with Crippen LogP contribution in [0.5, 0.6) is 0 Å². The second-order valence-corrected chi connectivity index (χ2v) is 25.3. The predicted molar refractivity (Wildman–Crippen MR) is 171 cm³/mol. The molecule has 0 spiro atoms. The van der Waals surface area contributed by atoms with Crippen molar-refractivity contribution in [2.75, 3.05) is 6.61 Å². The first-order chi connectivity index (χ1) is 17.5. The summed E-state index contributed by atoms with van der Waals surface area (Å²) in [5.41, 5.74) is 2.68. The van der Waals surface area contributed by atoms with Crippen LogP contribution in [0, 0.1) is 0 Å². The average Bonchev–Trinajstić information content (AvgIpc) is 2.90. The van der Waals surface area contributed by atoms with Crippen molar-refractivity contribution in [3.8, 4) is 0 Å². The summed E-state index contributed by atoms with van der Waals surface area (Å²) < 4.78 is 6.50. The third-order valence-corrected chi connectivity index (χ3v) is 22.1. The van der Waals surface area contributed by atoms with Crippen LogP contribution in [-0.4, -0.2) is 14.9 Å². The summed E-state index contributed by atoms with van der Waals surface area (Å²) in [5, 5.41) is 1.25. The average molecular weight is 592 g/mol. The zero-order valence-electron chi connectivity index (χ0n) is 22.8. The first-order valence-corrected chi connectivity index (χ1v) is 20.5. The van der Waals surface area contributed by atoms with E-state index in [2.05, 4.69) is 165 Å². The Balaban J connectivity index is 1.77. The van der Waals surface area contributed by atoms with E-state index in [0.717, 1.165) is 19.2 Å². The summed E-state index contributed by atoms with van der Waals surface area (Å²) in [4.78, 5) is 0. The van der Waals surface area contributed by atoms with Crippen molar-refractivity contribution >= 4 is 45.0 Å². The molecule has 0 amide bonds. The summed E-state index contributed by atoms with van der Waals surface area (Å²) in [7, 11) is -1.76. The monoisotopic (exact) mass is 590 g/mol. The van der Waals surface area contributed by atoms with Crippen LogP contribution in [0.4, 0.5) is 0 Å². The van der Waals surface area contributed by atoms with Crippen LogP contribution in [0.1, 0.15) is 31.9 Å². The van der Waals surface area contributed by atoms with E-state index in [-0.39, 0.29) is 5.04 Å². The van der Waals surface area contributed by atoms with Gasteiger partial charge >= 0.3 is 234 Å². The van der Waals surface area contributed by atoms with Crippen molar-refractivity contribution in [3.05, 3.63) is 126 Å². The molecule has 0 aliphatic carbocycles. The van der Waals surface area contributed by atoms with Crippen molar-refractivity contribution in [2.24, 2.45) is 0 Å². The normalized spacial score (nSPS) is 13.6. The molecule has 0 atom stereocenters. The molecule has 0 radical (unpaired) electrons. The van der Waals surface area contributed by atoms with Gasteiger partial charge in [0.05, 0.1) is 0 Å². The van der Waals surface area contributed by atoms with E-state index < -0.39 is 13.6 Å². The summed E-state index contributed by atoms with van der Waals surface area (Å²) in [6.45, 7) is 12.3. The third kappa shape index (κ3) is 5.71. The van der Waals surface area contributed by atoms with Crippen LogP contribution in [-0.2, 0) is 17.0 Å². The van der Waals surface area contributed by atoms with Gasteiger partial charge in [-0.15, -0.1) is 0 Å². The van der Waals surface area contributed by atoms with Crippen molar-refractivity contribution in [3.63, 3.8) is 0 Å². The molecule has 194 valence electrons. The SMILES string of the molecule is CC(C)(C)[Si](C)(C)OCCc1cccc(CP(Br)(c2ccccc2)(c2ccccc2)c2ccccc2)c1. The van der Waals surface area contributed by atoms with E-state index in [1.807, 2.05) is 0 Å². The molecule has 0 aliphatic heterocycles. The van der Waals surface area contributed by atoms with Gasteiger partial charge in [-0.2, -0.15) is 0 Å². The fourth-order valence-corrected chi connectivity index (χ4v) is 13.6. The molecule has 0 heterocycles. The fraction of sp³-hybridized carbons (Fsp3) is 0.273. The minimum absolute atomic E-state index is 0.225. The topological polar surface area (TPSA) is 9.23 Å². The van der Waals surface area contributed by atoms with Crippen LogP contribution < -0.4 is 15.9 Å². The van der Waals surface area contributed by atoms with Gasteiger partial charge in [-0.1, -0.05) is 0 Å². The predicted octanol–water partition coefficient (Wildman–Crippen LogP) is 8.59. The molecule has 37 heavy (non-hydrogen) atoms. The van der Waals surface area contributed by atoms with Gasteiger partial charge in [0, 0.05) is 0 Å². The van der Waals surface area contributed by atoms with E-state index in [0.29, 0.717) is 0 Å². The molecule has 4 aromatic rings. The summed E-state index contributed by atoms with van der Waals surface area (Å²) in [6, 6.07) is 42.2. The van der Waals surface area contributed by atoms with E-state index in [1.54, 1.807) is 0 Å². The Morgan fingerprint density at radius 3 is 1.51 bits per heavy atom. The molecular weight excluding hydrogens is 551 g/mol. The summed E-state index contributed by atoms with van der Waals surface area (Å²) in [6.07, 6.45) is 1.83. The van der Waals surface area contributed by atoms with Gasteiger partial charge < -0.3 is 0 Å². The van der Waals surface area contributed by atoms with Crippen LogP contribution >= 0.6 is 20.8 Å². The number of rotatable bonds is 9. The van der Waals surface area contributed by atoms with Crippen LogP contribution in [0.3, 0.4) is 0 Å². The second kappa shape index (κ2) is 11.0. The van der Waals surface area contributed by atoms with Gasteiger partial charge in [-0.05, 0) is 0 Å². The molecule has 1 nitrogen and oxygen atoms in total. The Bertz CT molecular complexity index is 1200. The van der Waals surface area contributed by atoms with Crippen molar-refractivity contribution in [1.82, 2.24) is 0 Å². The molecule has 4 heteroatoms. The van der Waals surface area contributed by atoms with E-state index >= 15 is 0 Å². The molecule has 4 aromatic carbocycles. The maximum absolute atomic E-state index is 6.50. The molecule has 0 bridgehead atoms. The van der Waals surface area contributed by atoms with Crippen LogP contribution in [0.2, 0.25) is 18.1 Å². The number of hydrogen-bond donors (Lipinski definition) is 0. The zero-order chi connectivity index (χ0) is 26.6. The Morgan fingerprint density at radius 2 is 1.08 bits per heavy atom. The van der Waals surface area contributed by atoms with Crippen LogP contribution in [0.25, 0.3) is 0 Å². The van der Waals surface area contributed by atoms with Gasteiger partial charge in [0.2, 0.25) is 0 Å². The van der Waals surface area contributed by atoms with E-state index in [9.17, 15) is 0 Å². The first kappa shape index (κ1) is 28.0. The molecule has 4 rings (SSSR count). The number of halogens is 1. The van der Waals surface area contributed by atoms with Gasteiger partial charge in [0.25, 0.3) is 0 Å². The Morgan fingerprint density at radius 1 is 0.649 bits per heavy atom.